The van der Waals surface area contributed by atoms with Crippen molar-refractivity contribution in [3.63, 3.8) is 0 Å². The second-order valence-corrected chi connectivity index (χ2v) is 3.10. The third-order valence-corrected chi connectivity index (χ3v) is 1.78. The van der Waals surface area contributed by atoms with E-state index in [-0.39, 0.29) is 4.34 Å². The van der Waals surface area contributed by atoms with Crippen molar-refractivity contribution in [3.8, 4) is 0 Å². The molecule has 1 aromatic rings. The van der Waals surface area contributed by atoms with Gasteiger partial charge in [-0.1, -0.05) is 11.6 Å². The van der Waals surface area contributed by atoms with Crippen LogP contribution < -0.4 is 0 Å². The fourth-order valence-electron chi connectivity index (χ4n) is 0.377. The lowest BCUT2D eigenvalue weighted by atomic mass is 10.8. The van der Waals surface area contributed by atoms with Crippen LogP contribution in [0.2, 0.25) is 4.34 Å². The average Bonchev–Trinajstić information content (AvgIpc) is 1.85. The van der Waals surface area contributed by atoms with Crippen LogP contribution in [0.15, 0.2) is 0 Å². The Labute approximate surface area is 55.1 Å². The number of hydrogen-bond acceptors (Lipinski definition) is 2. The Morgan fingerprint density at radius 1 is 1.75 bits per heavy atom. The van der Waals surface area contributed by atoms with Crippen LogP contribution in [-0.4, -0.2) is 4.98 Å². The average molecular weight is 152 g/mol. The zero-order valence-electron chi connectivity index (χ0n) is 4.11. The highest BCUT2D eigenvalue weighted by atomic mass is 35.5. The molecular weight excluding hydrogens is 149 g/mol. The molecule has 0 bridgehead atoms. The maximum atomic E-state index is 12.1. The van der Waals surface area contributed by atoms with Gasteiger partial charge < -0.3 is 0 Å². The van der Waals surface area contributed by atoms with Crippen LogP contribution in [0.1, 0.15) is 5.01 Å². The van der Waals surface area contributed by atoms with Crippen LogP contribution in [0, 0.1) is 12.9 Å². The molecule has 0 saturated heterocycles. The fourth-order valence-corrected chi connectivity index (χ4v) is 1.27. The first-order valence-corrected chi connectivity index (χ1v) is 3.18. The van der Waals surface area contributed by atoms with Gasteiger partial charge in [0.25, 0.3) is 0 Å². The van der Waals surface area contributed by atoms with Crippen molar-refractivity contribution in [2.24, 2.45) is 0 Å². The maximum absolute atomic E-state index is 12.1. The molecule has 0 spiro atoms. The Morgan fingerprint density at radius 3 is 2.50 bits per heavy atom. The van der Waals surface area contributed by atoms with Gasteiger partial charge in [-0.2, -0.15) is 4.39 Å². The van der Waals surface area contributed by atoms with Crippen molar-refractivity contribution in [1.29, 1.82) is 0 Å². The highest BCUT2D eigenvalue weighted by Gasteiger charge is 2.02. The molecule has 0 fully saturated rings. The van der Waals surface area contributed by atoms with E-state index in [4.69, 9.17) is 11.6 Å². The Kier molecular flexibility index (Phi) is 1.49. The summed E-state index contributed by atoms with van der Waals surface area (Å²) in [5.41, 5.74) is 0. The number of hydrogen-bond donors (Lipinski definition) is 0. The number of nitrogens with zero attached hydrogens (tertiary/aromatic N) is 1. The number of halogens is 2. The van der Waals surface area contributed by atoms with E-state index in [0.717, 1.165) is 11.3 Å². The van der Waals surface area contributed by atoms with Gasteiger partial charge in [-0.25, -0.2) is 4.98 Å². The number of aryl methyl sites for hydroxylation is 1. The minimum absolute atomic E-state index is 0.141. The summed E-state index contributed by atoms with van der Waals surface area (Å²) in [6.07, 6.45) is 0. The van der Waals surface area contributed by atoms with Crippen LogP contribution in [0.25, 0.3) is 0 Å². The predicted molar refractivity (Wildman–Crippen MR) is 31.8 cm³/mol. The van der Waals surface area contributed by atoms with Gasteiger partial charge in [0.2, 0.25) is 5.95 Å². The van der Waals surface area contributed by atoms with E-state index in [2.05, 4.69) is 4.98 Å². The van der Waals surface area contributed by atoms with E-state index < -0.39 is 5.95 Å². The molecule has 4 heteroatoms. The summed E-state index contributed by atoms with van der Waals surface area (Å²) in [6, 6.07) is 0. The first-order chi connectivity index (χ1) is 3.70. The van der Waals surface area contributed by atoms with E-state index in [1.54, 1.807) is 6.92 Å². The molecule has 44 valence electrons. The molecule has 0 aliphatic carbocycles. The molecule has 1 heterocycles. The maximum Gasteiger partial charge on any atom is 0.242 e. The lowest BCUT2D eigenvalue weighted by Gasteiger charge is -1.69. The second-order valence-electron chi connectivity index (χ2n) is 1.30. The second kappa shape index (κ2) is 1.99. The molecule has 0 saturated carbocycles. The number of aromatic nitrogens is 1. The zero-order valence-corrected chi connectivity index (χ0v) is 5.68. The molecule has 0 aliphatic rings. The zero-order chi connectivity index (χ0) is 6.15. The third kappa shape index (κ3) is 0.980. The van der Waals surface area contributed by atoms with Gasteiger partial charge in [0.15, 0.2) is 0 Å². The van der Waals surface area contributed by atoms with Crippen LogP contribution in [-0.2, 0) is 0 Å². The molecule has 1 nitrogen and oxygen atoms in total. The minimum Gasteiger partial charge on any atom is -0.212 e. The van der Waals surface area contributed by atoms with Crippen molar-refractivity contribution in [2.45, 2.75) is 6.92 Å². The van der Waals surface area contributed by atoms with Gasteiger partial charge in [0, 0.05) is 0 Å². The van der Waals surface area contributed by atoms with Gasteiger partial charge in [-0.15, -0.1) is 11.3 Å². The van der Waals surface area contributed by atoms with Gasteiger partial charge in [0.1, 0.15) is 4.34 Å². The van der Waals surface area contributed by atoms with Crippen LogP contribution in [0.3, 0.4) is 0 Å². The van der Waals surface area contributed by atoms with Gasteiger partial charge in [-0.3, -0.25) is 0 Å². The number of thiazole rings is 1. The topological polar surface area (TPSA) is 12.9 Å². The standard InChI is InChI=1S/C4H3ClFNS/c1-2-7-4(6)3(5)8-2/h1H3. The van der Waals surface area contributed by atoms with Crippen molar-refractivity contribution in [1.82, 2.24) is 4.98 Å². The third-order valence-electron chi connectivity index (χ3n) is 0.655. The van der Waals surface area contributed by atoms with E-state index in [1.165, 1.54) is 0 Å². The Balaban J connectivity index is 3.14. The fraction of sp³-hybridized carbons (Fsp3) is 0.250. The quantitative estimate of drug-likeness (QED) is 0.554. The highest BCUT2D eigenvalue weighted by molar-refractivity contribution is 7.15. The highest BCUT2D eigenvalue weighted by Crippen LogP contribution is 2.21. The molecule has 0 atom stereocenters. The Bertz CT molecular complexity index is 178. The van der Waals surface area contributed by atoms with E-state index >= 15 is 0 Å². The van der Waals surface area contributed by atoms with Gasteiger partial charge in [0.05, 0.1) is 5.01 Å². The van der Waals surface area contributed by atoms with E-state index in [0.29, 0.717) is 5.01 Å². The summed E-state index contributed by atoms with van der Waals surface area (Å²) in [5.74, 6) is -0.561. The molecule has 0 N–H and O–H groups in total. The monoisotopic (exact) mass is 151 g/mol. The summed E-state index contributed by atoms with van der Waals surface area (Å²) in [7, 11) is 0. The van der Waals surface area contributed by atoms with E-state index in [9.17, 15) is 4.39 Å². The lowest BCUT2D eigenvalue weighted by molar-refractivity contribution is 0.590. The smallest absolute Gasteiger partial charge is 0.212 e. The Morgan fingerprint density at radius 2 is 2.38 bits per heavy atom. The lowest BCUT2D eigenvalue weighted by Crippen LogP contribution is -1.70. The number of rotatable bonds is 0. The predicted octanol–water partition coefficient (Wildman–Crippen LogP) is 2.24. The first-order valence-electron chi connectivity index (χ1n) is 1.98. The van der Waals surface area contributed by atoms with Crippen molar-refractivity contribution >= 4 is 22.9 Å². The summed E-state index contributed by atoms with van der Waals surface area (Å²) >= 11 is 6.46. The van der Waals surface area contributed by atoms with Crippen LogP contribution >= 0.6 is 22.9 Å². The van der Waals surface area contributed by atoms with Crippen LogP contribution in [0.5, 0.6) is 0 Å². The summed E-state index contributed by atoms with van der Waals surface area (Å²) < 4.78 is 12.2. The molecule has 0 aromatic carbocycles. The van der Waals surface area contributed by atoms with Crippen molar-refractivity contribution in [2.75, 3.05) is 0 Å². The molecule has 8 heavy (non-hydrogen) atoms. The summed E-state index contributed by atoms with van der Waals surface area (Å²) in [5, 5.41) is 0.660. The normalized spacial score (nSPS) is 9.88. The summed E-state index contributed by atoms with van der Waals surface area (Å²) in [6.45, 7) is 1.71. The van der Waals surface area contributed by atoms with Gasteiger partial charge in [-0.05, 0) is 6.92 Å². The molecule has 0 aliphatic heterocycles. The molecule has 0 unspecified atom stereocenters. The van der Waals surface area contributed by atoms with Gasteiger partial charge >= 0.3 is 0 Å². The molecule has 0 amide bonds. The minimum atomic E-state index is -0.561. The molecular formula is C4H3ClFNS. The largest absolute Gasteiger partial charge is 0.242 e. The molecule has 0 radical (unpaired) electrons. The molecule has 1 aromatic heterocycles. The first kappa shape index (κ1) is 5.98. The van der Waals surface area contributed by atoms with Crippen molar-refractivity contribution < 1.29 is 4.39 Å². The Hall–Kier alpha value is -0.150. The van der Waals surface area contributed by atoms with Crippen LogP contribution in [0.4, 0.5) is 4.39 Å². The summed E-state index contributed by atoms with van der Waals surface area (Å²) in [4.78, 5) is 3.43. The van der Waals surface area contributed by atoms with Crippen molar-refractivity contribution in [3.05, 3.63) is 15.3 Å². The SMILES string of the molecule is Cc1nc(F)c(Cl)s1. The molecule has 1 rings (SSSR count). The van der Waals surface area contributed by atoms with E-state index in [1.807, 2.05) is 0 Å².